The van der Waals surface area contributed by atoms with Crippen molar-refractivity contribution in [3.63, 3.8) is 0 Å². The first-order chi connectivity index (χ1) is 16.9. The lowest BCUT2D eigenvalue weighted by Gasteiger charge is -2.25. The van der Waals surface area contributed by atoms with Gasteiger partial charge in [-0.2, -0.15) is 0 Å². The molecule has 1 heterocycles. The molecule has 7 nitrogen and oxygen atoms in total. The Kier molecular flexibility index (Phi) is 7.79. The lowest BCUT2D eigenvalue weighted by molar-refractivity contribution is 0.0830. The zero-order valence-electron chi connectivity index (χ0n) is 19.2. The molecule has 3 aromatic carbocycles. The van der Waals surface area contributed by atoms with Gasteiger partial charge in [0.05, 0.1) is 12.1 Å². The van der Waals surface area contributed by atoms with Crippen LogP contribution in [0.2, 0.25) is 0 Å². The Bertz CT molecular complexity index is 1290. The zero-order chi connectivity index (χ0) is 24.8. The van der Waals surface area contributed by atoms with Gasteiger partial charge in [-0.05, 0) is 70.2 Å². The van der Waals surface area contributed by atoms with Crippen LogP contribution < -0.4 is 10.6 Å². The van der Waals surface area contributed by atoms with Crippen LogP contribution in [0, 0.1) is 11.6 Å². The summed E-state index contributed by atoms with van der Waals surface area (Å²) in [6.07, 6.45) is -0.0788. The third-order valence-corrected chi connectivity index (χ3v) is 5.76. The van der Waals surface area contributed by atoms with E-state index >= 15 is 0 Å². The number of carbonyl (C=O) groups excluding carboxylic acids is 1. The van der Waals surface area contributed by atoms with Crippen LogP contribution in [-0.2, 0) is 19.4 Å². The molecule has 1 aromatic heterocycles. The van der Waals surface area contributed by atoms with Gasteiger partial charge in [-0.25, -0.2) is 13.4 Å². The van der Waals surface area contributed by atoms with Crippen molar-refractivity contribution in [2.24, 2.45) is 0 Å². The van der Waals surface area contributed by atoms with Crippen molar-refractivity contribution in [1.82, 2.24) is 20.9 Å². The summed E-state index contributed by atoms with van der Waals surface area (Å²) in [7, 11) is 0. The summed E-state index contributed by atoms with van der Waals surface area (Å²) in [5, 5.41) is 24.4. The molecular formula is C26H26F2N4O3. The van der Waals surface area contributed by atoms with Crippen molar-refractivity contribution in [3.05, 3.63) is 94.6 Å². The molecule has 0 fully saturated rings. The number of rotatable bonds is 10. The number of aliphatic hydroxyl groups excluding tert-OH is 1. The molecule has 9 heteroatoms. The SMILES string of the molecule is CCc1cccc(CNCC(O)C(Cc2cc(F)cc(F)c2)NC(=O)c2ccc3nonc3c2)c1. The molecular weight excluding hydrogens is 454 g/mol. The second-order valence-corrected chi connectivity index (χ2v) is 8.40. The van der Waals surface area contributed by atoms with Crippen molar-refractivity contribution < 1.29 is 23.3 Å². The first-order valence-corrected chi connectivity index (χ1v) is 11.4. The first-order valence-electron chi connectivity index (χ1n) is 11.4. The van der Waals surface area contributed by atoms with Crippen LogP contribution in [0.5, 0.6) is 0 Å². The van der Waals surface area contributed by atoms with E-state index < -0.39 is 29.7 Å². The van der Waals surface area contributed by atoms with E-state index in [0.29, 0.717) is 28.7 Å². The number of nitrogens with zero attached hydrogens (tertiary/aromatic N) is 2. The fraction of sp³-hybridized carbons (Fsp3) is 0.269. The monoisotopic (exact) mass is 480 g/mol. The predicted octanol–water partition coefficient (Wildman–Crippen LogP) is 3.56. The highest BCUT2D eigenvalue weighted by atomic mass is 19.1. The summed E-state index contributed by atoms with van der Waals surface area (Å²) < 4.78 is 32.2. The molecule has 3 N–H and O–H groups in total. The van der Waals surface area contributed by atoms with Gasteiger partial charge in [0.15, 0.2) is 0 Å². The Hall–Kier alpha value is -3.69. The minimum absolute atomic E-state index is 0.0301. The van der Waals surface area contributed by atoms with Crippen LogP contribution in [0.15, 0.2) is 65.3 Å². The molecule has 0 saturated heterocycles. The van der Waals surface area contributed by atoms with Crippen LogP contribution in [0.25, 0.3) is 11.0 Å². The highest BCUT2D eigenvalue weighted by Crippen LogP contribution is 2.15. The maximum atomic E-state index is 13.8. The topological polar surface area (TPSA) is 100 Å². The Labute approximate surface area is 201 Å². The van der Waals surface area contributed by atoms with E-state index in [1.165, 1.54) is 23.8 Å². The second-order valence-electron chi connectivity index (χ2n) is 8.40. The molecule has 2 atom stereocenters. The Morgan fingerprint density at radius 2 is 1.71 bits per heavy atom. The molecule has 4 aromatic rings. The van der Waals surface area contributed by atoms with Gasteiger partial charge in [0.2, 0.25) is 0 Å². The highest BCUT2D eigenvalue weighted by molar-refractivity contribution is 5.97. The van der Waals surface area contributed by atoms with Gasteiger partial charge in [-0.3, -0.25) is 4.79 Å². The summed E-state index contributed by atoms with van der Waals surface area (Å²) in [4.78, 5) is 12.9. The minimum Gasteiger partial charge on any atom is -0.390 e. The van der Waals surface area contributed by atoms with Crippen molar-refractivity contribution >= 4 is 16.9 Å². The van der Waals surface area contributed by atoms with Crippen LogP contribution in [0.1, 0.15) is 34.0 Å². The van der Waals surface area contributed by atoms with E-state index in [9.17, 15) is 18.7 Å². The van der Waals surface area contributed by atoms with Gasteiger partial charge in [0.1, 0.15) is 22.7 Å². The summed E-state index contributed by atoms with van der Waals surface area (Å²) in [6, 6.07) is 15.1. The number of halogens is 2. The largest absolute Gasteiger partial charge is 0.390 e. The van der Waals surface area contributed by atoms with Crippen molar-refractivity contribution in [2.75, 3.05) is 6.54 Å². The number of fused-ring (bicyclic) bond motifs is 1. The van der Waals surface area contributed by atoms with Gasteiger partial charge in [0.25, 0.3) is 5.91 Å². The molecule has 0 radical (unpaired) electrons. The fourth-order valence-electron chi connectivity index (χ4n) is 3.91. The highest BCUT2D eigenvalue weighted by Gasteiger charge is 2.23. The first kappa shape index (κ1) is 24.4. The number of benzene rings is 3. The summed E-state index contributed by atoms with van der Waals surface area (Å²) in [6.45, 7) is 2.76. The average molecular weight is 481 g/mol. The zero-order valence-corrected chi connectivity index (χ0v) is 19.2. The summed E-state index contributed by atoms with van der Waals surface area (Å²) >= 11 is 0. The van der Waals surface area contributed by atoms with Crippen LogP contribution >= 0.6 is 0 Å². The molecule has 35 heavy (non-hydrogen) atoms. The molecule has 0 aliphatic heterocycles. The molecule has 0 aliphatic rings. The van der Waals surface area contributed by atoms with Crippen molar-refractivity contribution in [3.8, 4) is 0 Å². The number of aliphatic hydroxyl groups is 1. The molecule has 4 rings (SSSR count). The number of carbonyl (C=O) groups is 1. The van der Waals surface area contributed by atoms with Gasteiger partial charge >= 0.3 is 0 Å². The third-order valence-electron chi connectivity index (χ3n) is 5.76. The van der Waals surface area contributed by atoms with E-state index in [1.54, 1.807) is 12.1 Å². The predicted molar refractivity (Wildman–Crippen MR) is 127 cm³/mol. The molecule has 0 bridgehead atoms. The lowest BCUT2D eigenvalue weighted by Crippen LogP contribution is -2.48. The Morgan fingerprint density at radius 1 is 0.971 bits per heavy atom. The van der Waals surface area contributed by atoms with Crippen LogP contribution in [0.3, 0.4) is 0 Å². The standard InChI is InChI=1S/C26H26F2N4O3/c1-2-16-4-3-5-17(8-16)14-29-15-25(33)24(11-18-9-20(27)13-21(28)10-18)30-26(34)19-6-7-22-23(12-19)32-35-31-22/h3-10,12-13,24-25,29,33H,2,11,14-15H2,1H3,(H,30,34). The van der Waals surface area contributed by atoms with Crippen LogP contribution in [0.4, 0.5) is 8.78 Å². The summed E-state index contributed by atoms with van der Waals surface area (Å²) in [5.74, 6) is -1.92. The molecule has 0 saturated carbocycles. The van der Waals surface area contributed by atoms with E-state index in [1.807, 2.05) is 12.1 Å². The van der Waals surface area contributed by atoms with E-state index in [-0.39, 0.29) is 13.0 Å². The fourth-order valence-corrected chi connectivity index (χ4v) is 3.91. The number of aryl methyl sites for hydroxylation is 1. The van der Waals surface area contributed by atoms with E-state index in [4.69, 9.17) is 0 Å². The van der Waals surface area contributed by atoms with Crippen LogP contribution in [-0.4, -0.2) is 40.0 Å². The normalized spacial score (nSPS) is 13.0. The molecule has 0 spiro atoms. The average Bonchev–Trinajstić information content (AvgIpc) is 3.31. The number of hydrogen-bond acceptors (Lipinski definition) is 6. The lowest BCUT2D eigenvalue weighted by atomic mass is 10.00. The van der Waals surface area contributed by atoms with Gasteiger partial charge in [-0.15, -0.1) is 0 Å². The van der Waals surface area contributed by atoms with E-state index in [2.05, 4.69) is 44.6 Å². The number of hydrogen-bond donors (Lipinski definition) is 3. The second kappa shape index (κ2) is 11.2. The van der Waals surface area contributed by atoms with Crippen molar-refractivity contribution in [2.45, 2.75) is 38.5 Å². The third kappa shape index (κ3) is 6.46. The molecule has 2 unspecified atom stereocenters. The van der Waals surface area contributed by atoms with Gasteiger partial charge in [-0.1, -0.05) is 31.2 Å². The Morgan fingerprint density at radius 3 is 2.49 bits per heavy atom. The maximum absolute atomic E-state index is 13.8. The number of aromatic nitrogens is 2. The van der Waals surface area contributed by atoms with E-state index in [0.717, 1.165) is 18.1 Å². The number of nitrogens with one attached hydrogen (secondary N) is 2. The quantitative estimate of drug-likeness (QED) is 0.321. The van der Waals surface area contributed by atoms with Gasteiger partial charge < -0.3 is 15.7 Å². The Balaban J connectivity index is 1.47. The molecule has 0 aliphatic carbocycles. The smallest absolute Gasteiger partial charge is 0.251 e. The summed E-state index contributed by atoms with van der Waals surface area (Å²) in [5.41, 5.74) is 3.81. The molecule has 182 valence electrons. The van der Waals surface area contributed by atoms with Gasteiger partial charge in [0, 0.05) is 24.7 Å². The van der Waals surface area contributed by atoms with Crippen molar-refractivity contribution in [1.29, 1.82) is 0 Å². The maximum Gasteiger partial charge on any atom is 0.251 e. The molecule has 1 amide bonds. The minimum atomic E-state index is -1.03. The number of amides is 1.